The maximum atomic E-state index is 11.4. The van der Waals surface area contributed by atoms with E-state index in [1.165, 1.54) is 36.3 Å². The Bertz CT molecular complexity index is 1290. The van der Waals surface area contributed by atoms with E-state index in [1.807, 2.05) is 24.3 Å². The summed E-state index contributed by atoms with van der Waals surface area (Å²) in [5, 5.41) is 7.82. The number of anilines is 2. The highest BCUT2D eigenvalue weighted by Crippen LogP contribution is 2.44. The quantitative estimate of drug-likeness (QED) is 0.146. The predicted octanol–water partition coefficient (Wildman–Crippen LogP) is 6.45. The number of thioether (sulfide) groups is 1. The van der Waals surface area contributed by atoms with Gasteiger partial charge in [-0.05, 0) is 54.3 Å². The van der Waals surface area contributed by atoms with Crippen molar-refractivity contribution in [3.63, 3.8) is 0 Å². The molecule has 1 heterocycles. The fourth-order valence-electron chi connectivity index (χ4n) is 4.01. The fourth-order valence-corrected chi connectivity index (χ4v) is 4.80. The molecule has 0 bridgehead atoms. The molecule has 0 atom stereocenters. The average Bonchev–Trinajstić information content (AvgIpc) is 3.67. The first-order valence-corrected chi connectivity index (χ1v) is 12.0. The van der Waals surface area contributed by atoms with Crippen LogP contribution in [0.3, 0.4) is 0 Å². The summed E-state index contributed by atoms with van der Waals surface area (Å²) < 4.78 is 4.72. The lowest BCUT2D eigenvalue weighted by Gasteiger charge is -2.14. The molecule has 0 aliphatic heterocycles. The summed E-state index contributed by atoms with van der Waals surface area (Å²) in [6, 6.07) is 21.1. The van der Waals surface area contributed by atoms with Gasteiger partial charge in [-0.3, -0.25) is 4.79 Å². The molecule has 5 rings (SSSR count). The van der Waals surface area contributed by atoms with Gasteiger partial charge in [0.25, 0.3) is 0 Å². The van der Waals surface area contributed by atoms with Gasteiger partial charge in [0.05, 0.1) is 12.6 Å². The van der Waals surface area contributed by atoms with Crippen molar-refractivity contribution in [3.8, 4) is 0 Å². The minimum Gasteiger partial charge on any atom is -0.469 e. The van der Waals surface area contributed by atoms with Crippen molar-refractivity contribution in [2.24, 2.45) is 0 Å². The molecule has 1 fully saturated rings. The molecule has 1 aliphatic carbocycles. The molecule has 162 valence electrons. The van der Waals surface area contributed by atoms with Crippen LogP contribution in [0.15, 0.2) is 65.8 Å². The molecule has 3 aromatic carbocycles. The van der Waals surface area contributed by atoms with Crippen LogP contribution in [0.1, 0.15) is 37.2 Å². The lowest BCUT2D eigenvalue weighted by atomic mass is 9.99. The minimum absolute atomic E-state index is 0.186. The van der Waals surface area contributed by atoms with E-state index in [2.05, 4.69) is 41.7 Å². The largest absolute Gasteiger partial charge is 0.469 e. The second-order valence-electron chi connectivity index (χ2n) is 8.05. The molecular weight excluding hydrogens is 418 g/mol. The number of fused-ring (bicyclic) bond motifs is 2. The number of benzene rings is 3. The van der Waals surface area contributed by atoms with Crippen LogP contribution < -0.4 is 5.32 Å². The standard InChI is InChI=1S/C26H25N3O2S/c1-31-24(30)11-6-16-32-26-28-22-10-5-4-9-21(22)25(29-26)27-23-15-14-18(17-12-13-17)19-7-2-3-8-20(19)23/h2-5,7-10,14-15,17H,6,11-13,16H2,1H3,(H,27,28,29). The van der Waals surface area contributed by atoms with E-state index in [0.717, 1.165) is 34.6 Å². The molecule has 0 spiro atoms. The van der Waals surface area contributed by atoms with Gasteiger partial charge in [0.15, 0.2) is 5.16 Å². The number of para-hydroxylation sites is 1. The first-order chi connectivity index (χ1) is 15.7. The Balaban J connectivity index is 1.46. The van der Waals surface area contributed by atoms with Crippen LogP contribution >= 0.6 is 11.8 Å². The molecule has 1 N–H and O–H groups in total. The molecule has 0 unspecified atom stereocenters. The van der Waals surface area contributed by atoms with Crippen LogP contribution in [0.4, 0.5) is 11.5 Å². The van der Waals surface area contributed by atoms with Crippen LogP contribution in [0.5, 0.6) is 0 Å². The maximum absolute atomic E-state index is 11.4. The second-order valence-corrected chi connectivity index (χ2v) is 9.11. The molecular formula is C26H25N3O2S. The highest BCUT2D eigenvalue weighted by Gasteiger charge is 2.25. The number of methoxy groups -OCH3 is 1. The van der Waals surface area contributed by atoms with Crippen LogP contribution in [-0.4, -0.2) is 28.8 Å². The van der Waals surface area contributed by atoms with E-state index in [0.29, 0.717) is 17.5 Å². The molecule has 6 heteroatoms. The number of rotatable bonds is 8. The van der Waals surface area contributed by atoms with Crippen molar-refractivity contribution in [1.29, 1.82) is 0 Å². The summed E-state index contributed by atoms with van der Waals surface area (Å²) in [6.45, 7) is 0. The summed E-state index contributed by atoms with van der Waals surface area (Å²) >= 11 is 1.56. The second kappa shape index (κ2) is 9.17. The number of ether oxygens (including phenoxy) is 1. The number of nitrogens with one attached hydrogen (secondary N) is 1. The maximum Gasteiger partial charge on any atom is 0.305 e. The first kappa shape index (κ1) is 20.8. The Labute approximate surface area is 191 Å². The van der Waals surface area contributed by atoms with E-state index in [-0.39, 0.29) is 5.97 Å². The van der Waals surface area contributed by atoms with E-state index < -0.39 is 0 Å². The van der Waals surface area contributed by atoms with E-state index in [1.54, 1.807) is 11.8 Å². The Morgan fingerprint density at radius 2 is 1.75 bits per heavy atom. The molecule has 0 amide bonds. The van der Waals surface area contributed by atoms with E-state index >= 15 is 0 Å². The predicted molar refractivity (Wildman–Crippen MR) is 131 cm³/mol. The van der Waals surface area contributed by atoms with Crippen molar-refractivity contribution in [3.05, 3.63) is 66.2 Å². The van der Waals surface area contributed by atoms with Gasteiger partial charge >= 0.3 is 5.97 Å². The van der Waals surface area contributed by atoms with Gasteiger partial charge in [0, 0.05) is 28.6 Å². The third kappa shape index (κ3) is 4.41. The van der Waals surface area contributed by atoms with Crippen molar-refractivity contribution in [2.45, 2.75) is 36.8 Å². The topological polar surface area (TPSA) is 64.1 Å². The zero-order chi connectivity index (χ0) is 21.9. The van der Waals surface area contributed by atoms with E-state index in [4.69, 9.17) is 14.7 Å². The van der Waals surface area contributed by atoms with Crippen molar-refractivity contribution < 1.29 is 9.53 Å². The summed E-state index contributed by atoms with van der Waals surface area (Å²) in [6.07, 6.45) is 3.69. The van der Waals surface area contributed by atoms with Gasteiger partial charge < -0.3 is 10.1 Å². The van der Waals surface area contributed by atoms with Crippen LogP contribution in [-0.2, 0) is 9.53 Å². The molecule has 5 nitrogen and oxygen atoms in total. The molecule has 1 aromatic heterocycles. The smallest absolute Gasteiger partial charge is 0.305 e. The van der Waals surface area contributed by atoms with E-state index in [9.17, 15) is 4.79 Å². The van der Waals surface area contributed by atoms with Gasteiger partial charge in [-0.2, -0.15) is 0 Å². The van der Waals surface area contributed by atoms with Gasteiger partial charge in [-0.15, -0.1) is 0 Å². The number of carbonyl (C=O) groups excluding carboxylic acids is 1. The third-order valence-corrected chi connectivity index (χ3v) is 6.73. The third-order valence-electron chi connectivity index (χ3n) is 5.79. The fraction of sp³-hybridized carbons (Fsp3) is 0.269. The molecule has 1 saturated carbocycles. The Kier molecular flexibility index (Phi) is 5.95. The number of hydrogen-bond donors (Lipinski definition) is 1. The highest BCUT2D eigenvalue weighted by molar-refractivity contribution is 7.99. The Morgan fingerprint density at radius 3 is 2.53 bits per heavy atom. The molecule has 32 heavy (non-hydrogen) atoms. The molecule has 0 saturated heterocycles. The van der Waals surface area contributed by atoms with Gasteiger partial charge in [0.2, 0.25) is 0 Å². The zero-order valence-corrected chi connectivity index (χ0v) is 18.8. The summed E-state index contributed by atoms with van der Waals surface area (Å²) in [5.41, 5.74) is 3.40. The summed E-state index contributed by atoms with van der Waals surface area (Å²) in [4.78, 5) is 20.9. The Hall–Kier alpha value is -3.12. The number of aromatic nitrogens is 2. The number of hydrogen-bond acceptors (Lipinski definition) is 6. The van der Waals surface area contributed by atoms with Crippen molar-refractivity contribution in [2.75, 3.05) is 18.2 Å². The van der Waals surface area contributed by atoms with Gasteiger partial charge in [0.1, 0.15) is 5.82 Å². The van der Waals surface area contributed by atoms with Crippen molar-refractivity contribution in [1.82, 2.24) is 9.97 Å². The molecule has 0 radical (unpaired) electrons. The highest BCUT2D eigenvalue weighted by atomic mass is 32.2. The van der Waals surface area contributed by atoms with Crippen LogP contribution in [0, 0.1) is 0 Å². The minimum atomic E-state index is -0.186. The monoisotopic (exact) mass is 443 g/mol. The Morgan fingerprint density at radius 1 is 1.00 bits per heavy atom. The molecule has 4 aromatic rings. The van der Waals surface area contributed by atoms with Gasteiger partial charge in [-0.1, -0.05) is 54.2 Å². The zero-order valence-electron chi connectivity index (χ0n) is 18.0. The lowest BCUT2D eigenvalue weighted by Crippen LogP contribution is -2.02. The summed E-state index contributed by atoms with van der Waals surface area (Å²) in [5.74, 6) is 2.07. The molecule has 1 aliphatic rings. The van der Waals surface area contributed by atoms with Crippen molar-refractivity contribution >= 4 is 50.9 Å². The lowest BCUT2D eigenvalue weighted by molar-refractivity contribution is -0.140. The average molecular weight is 444 g/mol. The first-order valence-electron chi connectivity index (χ1n) is 11.0. The SMILES string of the molecule is COC(=O)CCCSc1nc(Nc2ccc(C3CC3)c3ccccc23)c2ccccc2n1. The van der Waals surface area contributed by atoms with Crippen LogP contribution in [0.25, 0.3) is 21.7 Å². The number of esters is 1. The van der Waals surface area contributed by atoms with Gasteiger partial charge in [-0.25, -0.2) is 9.97 Å². The summed E-state index contributed by atoms with van der Waals surface area (Å²) in [7, 11) is 1.42. The number of nitrogens with zero attached hydrogens (tertiary/aromatic N) is 2. The normalized spacial score (nSPS) is 13.4. The van der Waals surface area contributed by atoms with Crippen LogP contribution in [0.2, 0.25) is 0 Å². The number of carbonyl (C=O) groups is 1.